The molecule has 4 nitrogen and oxygen atoms in total. The predicted molar refractivity (Wildman–Crippen MR) is 71.6 cm³/mol. The first kappa shape index (κ1) is 14.9. The van der Waals surface area contributed by atoms with E-state index >= 15 is 0 Å². The Morgan fingerprint density at radius 2 is 2.00 bits per heavy atom. The van der Waals surface area contributed by atoms with Gasteiger partial charge in [-0.3, -0.25) is 4.79 Å². The highest BCUT2D eigenvalue weighted by Gasteiger charge is 2.35. The van der Waals surface area contributed by atoms with Gasteiger partial charge in [0, 0.05) is 25.5 Å². The van der Waals surface area contributed by atoms with Crippen LogP contribution in [0.4, 0.5) is 0 Å². The van der Waals surface area contributed by atoms with E-state index in [-0.39, 0.29) is 5.78 Å². The Bertz CT molecular complexity index is 381. The summed E-state index contributed by atoms with van der Waals surface area (Å²) in [6.45, 7) is 9.39. The average molecular weight is 252 g/mol. The minimum Gasteiger partial charge on any atom is -0.368 e. The number of carbonyl (C=O) groups excluding carboxylic acids is 1. The molecule has 0 saturated heterocycles. The Morgan fingerprint density at radius 1 is 1.33 bits per heavy atom. The van der Waals surface area contributed by atoms with Crippen LogP contribution in [-0.4, -0.2) is 27.5 Å². The number of ketones is 1. The molecule has 18 heavy (non-hydrogen) atoms. The quantitative estimate of drug-likeness (QED) is 0.714. The molecule has 1 heterocycles. The molecule has 1 rings (SSSR count). The lowest BCUT2D eigenvalue weighted by atomic mass is 9.89. The zero-order valence-electron chi connectivity index (χ0n) is 11.9. The van der Waals surface area contributed by atoms with Crippen LogP contribution in [0.1, 0.15) is 46.4 Å². The van der Waals surface area contributed by atoms with E-state index in [1.165, 1.54) is 0 Å². The van der Waals surface area contributed by atoms with Gasteiger partial charge in [-0.2, -0.15) is 0 Å². The van der Waals surface area contributed by atoms with Crippen LogP contribution in [0.5, 0.6) is 0 Å². The van der Waals surface area contributed by atoms with E-state index in [1.807, 2.05) is 38.5 Å². The maximum atomic E-state index is 12.5. The summed E-state index contributed by atoms with van der Waals surface area (Å²) in [5, 5.41) is 0. The number of hydrogen-bond donors (Lipinski definition) is 0. The van der Waals surface area contributed by atoms with E-state index in [9.17, 15) is 4.79 Å². The first-order valence-corrected chi connectivity index (χ1v) is 6.80. The van der Waals surface area contributed by atoms with Crippen LogP contribution >= 0.6 is 0 Å². The molecule has 0 unspecified atom stereocenters. The molecule has 0 N–H and O–H groups in total. The number of ether oxygens (including phenoxy) is 1. The van der Waals surface area contributed by atoms with Crippen LogP contribution in [0, 0.1) is 0 Å². The van der Waals surface area contributed by atoms with Crippen molar-refractivity contribution in [2.45, 2.75) is 59.1 Å². The van der Waals surface area contributed by atoms with Crippen LogP contribution in [0.2, 0.25) is 0 Å². The molecular weight excluding hydrogens is 228 g/mol. The maximum absolute atomic E-state index is 12.5. The van der Waals surface area contributed by atoms with E-state index < -0.39 is 5.60 Å². The number of Topliss-reactive ketones (excluding diaryl/α,β-unsaturated/α-hetero) is 1. The van der Waals surface area contributed by atoms with Crippen molar-refractivity contribution in [2.75, 3.05) is 6.61 Å². The monoisotopic (exact) mass is 252 g/mol. The van der Waals surface area contributed by atoms with E-state index in [0.29, 0.717) is 25.9 Å². The van der Waals surface area contributed by atoms with Crippen molar-refractivity contribution < 1.29 is 9.53 Å². The summed E-state index contributed by atoms with van der Waals surface area (Å²) >= 11 is 0. The van der Waals surface area contributed by atoms with Gasteiger partial charge in [0.15, 0.2) is 5.78 Å². The second kappa shape index (κ2) is 6.69. The van der Waals surface area contributed by atoms with Gasteiger partial charge < -0.3 is 9.30 Å². The predicted octanol–water partition coefficient (Wildman–Crippen LogP) is 2.61. The van der Waals surface area contributed by atoms with Crippen LogP contribution < -0.4 is 0 Å². The van der Waals surface area contributed by atoms with Crippen molar-refractivity contribution in [3.05, 3.63) is 18.2 Å². The number of hydrogen-bond acceptors (Lipinski definition) is 3. The van der Waals surface area contributed by atoms with Crippen molar-refractivity contribution in [3.63, 3.8) is 0 Å². The van der Waals surface area contributed by atoms with Gasteiger partial charge in [-0.1, -0.05) is 13.8 Å². The number of rotatable bonds is 8. The molecule has 0 saturated carbocycles. The molecule has 0 aliphatic rings. The van der Waals surface area contributed by atoms with Crippen molar-refractivity contribution in [3.8, 4) is 0 Å². The van der Waals surface area contributed by atoms with E-state index in [0.717, 1.165) is 12.4 Å². The minimum atomic E-state index is -0.640. The molecule has 4 heteroatoms. The number of aryl methyl sites for hydroxylation is 1. The zero-order valence-corrected chi connectivity index (χ0v) is 11.9. The van der Waals surface area contributed by atoms with Crippen molar-refractivity contribution in [1.29, 1.82) is 0 Å². The molecular formula is C14H24N2O2. The standard InChI is InChI=1S/C14H24N2O2/c1-5-14(6-2,18-8-4)12(17)11-13-15-9-10-16(13)7-3/h9-10H,5-8,11H2,1-4H3. The van der Waals surface area contributed by atoms with E-state index in [2.05, 4.69) is 4.98 Å². The van der Waals surface area contributed by atoms with Gasteiger partial charge in [-0.05, 0) is 26.7 Å². The molecule has 0 radical (unpaired) electrons. The van der Waals surface area contributed by atoms with E-state index in [1.54, 1.807) is 6.20 Å². The first-order chi connectivity index (χ1) is 8.63. The summed E-state index contributed by atoms with van der Waals surface area (Å²) in [7, 11) is 0. The minimum absolute atomic E-state index is 0.134. The molecule has 102 valence electrons. The SMILES string of the molecule is CCOC(CC)(CC)C(=O)Cc1nccn1CC. The third kappa shape index (κ3) is 2.99. The van der Waals surface area contributed by atoms with Gasteiger partial charge >= 0.3 is 0 Å². The van der Waals surface area contributed by atoms with Crippen LogP contribution in [0.25, 0.3) is 0 Å². The fourth-order valence-corrected chi connectivity index (χ4v) is 2.31. The number of aromatic nitrogens is 2. The molecule has 1 aromatic rings. The van der Waals surface area contributed by atoms with Gasteiger partial charge in [0.05, 0.1) is 6.42 Å². The van der Waals surface area contributed by atoms with Crippen LogP contribution in [0.3, 0.4) is 0 Å². The fourth-order valence-electron chi connectivity index (χ4n) is 2.31. The molecule has 0 spiro atoms. The highest BCUT2D eigenvalue weighted by atomic mass is 16.5. The Labute approximate surface area is 109 Å². The zero-order chi connectivity index (χ0) is 13.6. The van der Waals surface area contributed by atoms with Crippen LogP contribution in [0.15, 0.2) is 12.4 Å². The molecule has 0 bridgehead atoms. The lowest BCUT2D eigenvalue weighted by Gasteiger charge is -2.29. The first-order valence-electron chi connectivity index (χ1n) is 6.80. The molecule has 0 amide bonds. The van der Waals surface area contributed by atoms with E-state index in [4.69, 9.17) is 4.74 Å². The number of nitrogens with zero attached hydrogens (tertiary/aromatic N) is 2. The third-order valence-electron chi connectivity index (χ3n) is 3.53. The Morgan fingerprint density at radius 3 is 2.50 bits per heavy atom. The molecule has 0 aliphatic heterocycles. The van der Waals surface area contributed by atoms with Crippen LogP contribution in [-0.2, 0) is 22.5 Å². The summed E-state index contributed by atoms with van der Waals surface area (Å²) in [5.41, 5.74) is -0.640. The molecule has 1 aromatic heterocycles. The van der Waals surface area contributed by atoms with Crippen molar-refractivity contribution >= 4 is 5.78 Å². The average Bonchev–Trinajstić information content (AvgIpc) is 2.83. The largest absolute Gasteiger partial charge is 0.368 e. The van der Waals surface area contributed by atoms with Gasteiger partial charge in [-0.15, -0.1) is 0 Å². The molecule has 0 aromatic carbocycles. The second-order valence-electron chi connectivity index (χ2n) is 4.36. The van der Waals surface area contributed by atoms with Crippen molar-refractivity contribution in [2.24, 2.45) is 0 Å². The summed E-state index contributed by atoms with van der Waals surface area (Å²) in [5.74, 6) is 0.962. The lowest BCUT2D eigenvalue weighted by Crippen LogP contribution is -2.42. The number of imidazole rings is 1. The summed E-state index contributed by atoms with van der Waals surface area (Å²) in [6, 6.07) is 0. The highest BCUT2D eigenvalue weighted by molar-refractivity contribution is 5.88. The van der Waals surface area contributed by atoms with Gasteiger partial charge in [-0.25, -0.2) is 4.98 Å². The summed E-state index contributed by atoms with van der Waals surface area (Å²) in [6.07, 6.45) is 5.42. The lowest BCUT2D eigenvalue weighted by molar-refractivity contribution is -0.144. The normalized spacial score (nSPS) is 11.8. The fraction of sp³-hybridized carbons (Fsp3) is 0.714. The molecule has 0 aliphatic carbocycles. The maximum Gasteiger partial charge on any atom is 0.172 e. The molecule has 0 atom stereocenters. The third-order valence-corrected chi connectivity index (χ3v) is 3.53. The Hall–Kier alpha value is -1.16. The second-order valence-corrected chi connectivity index (χ2v) is 4.36. The Kier molecular flexibility index (Phi) is 5.54. The smallest absolute Gasteiger partial charge is 0.172 e. The highest BCUT2D eigenvalue weighted by Crippen LogP contribution is 2.23. The van der Waals surface area contributed by atoms with Gasteiger partial charge in [0.25, 0.3) is 0 Å². The summed E-state index contributed by atoms with van der Waals surface area (Å²) in [4.78, 5) is 16.7. The van der Waals surface area contributed by atoms with Crippen molar-refractivity contribution in [1.82, 2.24) is 9.55 Å². The molecule has 0 fully saturated rings. The topological polar surface area (TPSA) is 44.1 Å². The van der Waals surface area contributed by atoms with Gasteiger partial charge in [0.1, 0.15) is 11.4 Å². The summed E-state index contributed by atoms with van der Waals surface area (Å²) < 4.78 is 7.73. The Balaban J connectivity index is 2.85. The van der Waals surface area contributed by atoms with Gasteiger partial charge in [0.2, 0.25) is 0 Å². The number of carbonyl (C=O) groups is 1.